The number of hydrogen-bond donors (Lipinski definition) is 2. The Balaban J connectivity index is 2.28. The molecule has 0 amide bonds. The van der Waals surface area contributed by atoms with Gasteiger partial charge in [-0.2, -0.15) is 0 Å². The second-order valence-corrected chi connectivity index (χ2v) is 5.84. The molecular weight excluding hydrogens is 244 g/mol. The van der Waals surface area contributed by atoms with Crippen molar-refractivity contribution in [2.75, 3.05) is 0 Å². The summed E-state index contributed by atoms with van der Waals surface area (Å²) < 4.78 is 0. The van der Waals surface area contributed by atoms with Gasteiger partial charge in [-0.1, -0.05) is 58.7 Å². The summed E-state index contributed by atoms with van der Waals surface area (Å²) in [6, 6.07) is 13.4. The zero-order chi connectivity index (χ0) is 14.7. The Morgan fingerprint density at radius 2 is 1.25 bits per heavy atom. The van der Waals surface area contributed by atoms with Crippen LogP contribution in [0.25, 0.3) is 0 Å². The number of nitrogens with one attached hydrogen (secondary N) is 1. The van der Waals surface area contributed by atoms with Crippen molar-refractivity contribution >= 4 is 0 Å². The van der Waals surface area contributed by atoms with Gasteiger partial charge in [0.05, 0.1) is 0 Å². The summed E-state index contributed by atoms with van der Waals surface area (Å²) in [5, 5.41) is 0. The van der Waals surface area contributed by atoms with Crippen molar-refractivity contribution in [3.63, 3.8) is 0 Å². The normalized spacial score (nSPS) is 12.4. The monoisotopic (exact) mass is 268 g/mol. The molecular formula is C18H24N2. The van der Waals surface area contributed by atoms with E-state index in [2.05, 4.69) is 69.5 Å². The lowest BCUT2D eigenvalue weighted by Crippen LogP contribution is -2.29. The van der Waals surface area contributed by atoms with Crippen LogP contribution in [-0.2, 0) is 6.42 Å². The predicted octanol–water partition coefficient (Wildman–Crippen LogP) is 3.67. The molecule has 2 aromatic carbocycles. The molecule has 1 unspecified atom stereocenters. The second-order valence-electron chi connectivity index (χ2n) is 5.84. The third kappa shape index (κ3) is 3.69. The zero-order valence-electron chi connectivity index (χ0n) is 12.8. The molecule has 0 aromatic heterocycles. The molecule has 1 atom stereocenters. The van der Waals surface area contributed by atoms with Crippen molar-refractivity contribution < 1.29 is 0 Å². The molecule has 0 heterocycles. The first-order valence-corrected chi connectivity index (χ1v) is 7.09. The molecule has 0 bridgehead atoms. The summed E-state index contributed by atoms with van der Waals surface area (Å²) in [4.78, 5) is 0. The Morgan fingerprint density at radius 3 is 1.70 bits per heavy atom. The Hall–Kier alpha value is -1.64. The first kappa shape index (κ1) is 14.8. The zero-order valence-corrected chi connectivity index (χ0v) is 12.8. The van der Waals surface area contributed by atoms with Gasteiger partial charge in [-0.3, -0.25) is 11.3 Å². The Labute approximate surface area is 122 Å². The largest absolute Gasteiger partial charge is 0.271 e. The Morgan fingerprint density at radius 1 is 0.800 bits per heavy atom. The van der Waals surface area contributed by atoms with Crippen molar-refractivity contribution in [1.29, 1.82) is 0 Å². The van der Waals surface area contributed by atoms with Crippen molar-refractivity contribution in [3.05, 3.63) is 69.8 Å². The van der Waals surface area contributed by atoms with Crippen LogP contribution in [-0.4, -0.2) is 0 Å². The van der Waals surface area contributed by atoms with Crippen LogP contribution in [0.4, 0.5) is 0 Å². The van der Waals surface area contributed by atoms with E-state index in [1.54, 1.807) is 0 Å². The lowest BCUT2D eigenvalue weighted by molar-refractivity contribution is 0.551. The minimum Gasteiger partial charge on any atom is -0.271 e. The van der Waals surface area contributed by atoms with Gasteiger partial charge in [-0.15, -0.1) is 0 Å². The average Bonchev–Trinajstić information content (AvgIpc) is 2.33. The van der Waals surface area contributed by atoms with Gasteiger partial charge in [0, 0.05) is 6.04 Å². The van der Waals surface area contributed by atoms with Crippen LogP contribution in [0.5, 0.6) is 0 Å². The lowest BCUT2D eigenvalue weighted by atomic mass is 9.95. The highest BCUT2D eigenvalue weighted by Crippen LogP contribution is 2.21. The lowest BCUT2D eigenvalue weighted by Gasteiger charge is -2.18. The van der Waals surface area contributed by atoms with Crippen molar-refractivity contribution in [3.8, 4) is 0 Å². The molecule has 0 aliphatic carbocycles. The summed E-state index contributed by atoms with van der Waals surface area (Å²) in [5.41, 5.74) is 10.7. The molecule has 0 fully saturated rings. The van der Waals surface area contributed by atoms with Crippen LogP contribution in [0.3, 0.4) is 0 Å². The standard InChI is InChI=1S/C18H24N2/c1-12-5-13(2)8-16(7-12)11-18(20-19)17-9-14(3)6-15(4)10-17/h5-10,18,20H,11,19H2,1-4H3. The summed E-state index contributed by atoms with van der Waals surface area (Å²) in [5.74, 6) is 5.78. The predicted molar refractivity (Wildman–Crippen MR) is 85.6 cm³/mol. The summed E-state index contributed by atoms with van der Waals surface area (Å²) in [6.45, 7) is 8.53. The molecule has 2 nitrogen and oxygen atoms in total. The highest BCUT2D eigenvalue weighted by Gasteiger charge is 2.12. The smallest absolute Gasteiger partial charge is 0.0500 e. The fraction of sp³-hybridized carbons (Fsp3) is 0.333. The maximum absolute atomic E-state index is 5.78. The van der Waals surface area contributed by atoms with Crippen LogP contribution in [0, 0.1) is 27.7 Å². The van der Waals surface area contributed by atoms with Crippen LogP contribution >= 0.6 is 0 Å². The van der Waals surface area contributed by atoms with Gasteiger partial charge in [0.15, 0.2) is 0 Å². The third-order valence-electron chi connectivity index (χ3n) is 3.57. The van der Waals surface area contributed by atoms with Crippen LogP contribution in [0.1, 0.15) is 39.4 Å². The van der Waals surface area contributed by atoms with Gasteiger partial charge in [0.25, 0.3) is 0 Å². The van der Waals surface area contributed by atoms with E-state index in [-0.39, 0.29) is 6.04 Å². The van der Waals surface area contributed by atoms with E-state index in [4.69, 9.17) is 5.84 Å². The molecule has 0 saturated heterocycles. The van der Waals surface area contributed by atoms with Gasteiger partial charge < -0.3 is 0 Å². The molecule has 2 aromatic rings. The van der Waals surface area contributed by atoms with E-state index < -0.39 is 0 Å². The SMILES string of the molecule is Cc1cc(C)cc(CC(NN)c2cc(C)cc(C)c2)c1. The average molecular weight is 268 g/mol. The van der Waals surface area contributed by atoms with Crippen LogP contribution < -0.4 is 11.3 Å². The van der Waals surface area contributed by atoms with Gasteiger partial charge in [0.1, 0.15) is 0 Å². The fourth-order valence-corrected chi connectivity index (χ4v) is 2.91. The number of hydrogen-bond acceptors (Lipinski definition) is 2. The van der Waals surface area contributed by atoms with E-state index in [0.29, 0.717) is 0 Å². The van der Waals surface area contributed by atoms with Gasteiger partial charge >= 0.3 is 0 Å². The van der Waals surface area contributed by atoms with Crippen LogP contribution in [0.15, 0.2) is 36.4 Å². The van der Waals surface area contributed by atoms with Crippen molar-refractivity contribution in [1.82, 2.24) is 5.43 Å². The first-order chi connectivity index (χ1) is 9.47. The van der Waals surface area contributed by atoms with Crippen molar-refractivity contribution in [2.45, 2.75) is 40.2 Å². The molecule has 0 aliphatic rings. The van der Waals surface area contributed by atoms with E-state index >= 15 is 0 Å². The number of rotatable bonds is 4. The highest BCUT2D eigenvalue weighted by atomic mass is 15.2. The minimum absolute atomic E-state index is 0.148. The molecule has 2 heteroatoms. The van der Waals surface area contributed by atoms with Gasteiger partial charge in [-0.05, 0) is 45.2 Å². The summed E-state index contributed by atoms with van der Waals surface area (Å²) in [6.07, 6.45) is 0.905. The molecule has 3 N–H and O–H groups in total. The van der Waals surface area contributed by atoms with E-state index in [1.807, 2.05) is 0 Å². The molecule has 0 radical (unpaired) electrons. The number of nitrogens with two attached hydrogens (primary N) is 1. The summed E-state index contributed by atoms with van der Waals surface area (Å²) in [7, 11) is 0. The second kappa shape index (κ2) is 6.21. The number of benzene rings is 2. The number of hydrazine groups is 1. The van der Waals surface area contributed by atoms with Gasteiger partial charge in [-0.25, -0.2) is 0 Å². The quantitative estimate of drug-likeness (QED) is 0.656. The molecule has 106 valence electrons. The molecule has 0 spiro atoms. The Kier molecular flexibility index (Phi) is 4.58. The fourth-order valence-electron chi connectivity index (χ4n) is 2.91. The maximum atomic E-state index is 5.78. The molecule has 20 heavy (non-hydrogen) atoms. The molecule has 0 aliphatic heterocycles. The first-order valence-electron chi connectivity index (χ1n) is 7.09. The third-order valence-corrected chi connectivity index (χ3v) is 3.57. The van der Waals surface area contributed by atoms with Crippen LogP contribution in [0.2, 0.25) is 0 Å². The summed E-state index contributed by atoms with van der Waals surface area (Å²) >= 11 is 0. The van der Waals surface area contributed by atoms with E-state index in [1.165, 1.54) is 33.4 Å². The number of aryl methyl sites for hydroxylation is 4. The highest BCUT2D eigenvalue weighted by molar-refractivity contribution is 5.34. The van der Waals surface area contributed by atoms with E-state index in [0.717, 1.165) is 6.42 Å². The minimum atomic E-state index is 0.148. The maximum Gasteiger partial charge on any atom is 0.0500 e. The molecule has 0 saturated carbocycles. The topological polar surface area (TPSA) is 38.0 Å². The van der Waals surface area contributed by atoms with E-state index in [9.17, 15) is 0 Å². The van der Waals surface area contributed by atoms with Gasteiger partial charge in [0.2, 0.25) is 0 Å². The molecule has 2 rings (SSSR count). The van der Waals surface area contributed by atoms with Crippen molar-refractivity contribution in [2.24, 2.45) is 5.84 Å². The Bertz CT molecular complexity index is 562.